The molecule has 0 atom stereocenters. The lowest BCUT2D eigenvalue weighted by Crippen LogP contribution is -2.19. The topological polar surface area (TPSA) is 17.1 Å². The van der Waals surface area contributed by atoms with Gasteiger partial charge in [0.25, 0.3) is 0 Å². The predicted molar refractivity (Wildman–Crippen MR) is 109 cm³/mol. The Morgan fingerprint density at radius 2 is 1.64 bits per heavy atom. The second-order valence-corrected chi connectivity index (χ2v) is 8.26. The molecule has 0 saturated heterocycles. The van der Waals surface area contributed by atoms with Crippen LogP contribution in [0.2, 0.25) is 0 Å². The van der Waals surface area contributed by atoms with Crippen LogP contribution in [0.25, 0.3) is 0 Å². The second-order valence-electron chi connectivity index (χ2n) is 8.26. The maximum Gasteiger partial charge on any atom is 0.143 e. The summed E-state index contributed by atoms with van der Waals surface area (Å²) in [6.45, 7) is 9.17. The van der Waals surface area contributed by atoms with Gasteiger partial charge in [-0.05, 0) is 87.0 Å². The molecule has 0 N–H and O–H groups in total. The lowest BCUT2D eigenvalue weighted by molar-refractivity contribution is -0.104. The molecule has 1 nitrogen and oxygen atoms in total. The van der Waals surface area contributed by atoms with Crippen LogP contribution in [-0.4, -0.2) is 6.29 Å². The van der Waals surface area contributed by atoms with Crippen LogP contribution in [0.5, 0.6) is 0 Å². The monoisotopic (exact) mass is 338 g/mol. The van der Waals surface area contributed by atoms with Crippen LogP contribution in [0.3, 0.4) is 0 Å². The molecule has 0 aromatic rings. The molecule has 1 fully saturated rings. The van der Waals surface area contributed by atoms with E-state index in [-0.39, 0.29) is 0 Å². The van der Waals surface area contributed by atoms with Crippen LogP contribution in [-0.2, 0) is 4.79 Å². The number of aldehydes is 1. The van der Waals surface area contributed by atoms with Crippen molar-refractivity contribution in [3.63, 3.8) is 0 Å². The third-order valence-electron chi connectivity index (χ3n) is 5.68. The Morgan fingerprint density at radius 3 is 2.28 bits per heavy atom. The molecule has 2 rings (SSSR count). The highest BCUT2D eigenvalue weighted by atomic mass is 16.1. The highest BCUT2D eigenvalue weighted by Crippen LogP contribution is 2.40. The molecular formula is C24H34O. The van der Waals surface area contributed by atoms with Crippen molar-refractivity contribution >= 4 is 6.29 Å². The van der Waals surface area contributed by atoms with Crippen molar-refractivity contribution in [1.29, 1.82) is 0 Å². The maximum atomic E-state index is 10.9. The summed E-state index contributed by atoms with van der Waals surface area (Å²) in [5.41, 5.74) is 7.18. The van der Waals surface area contributed by atoms with E-state index in [1.165, 1.54) is 60.8 Å². The normalized spacial score (nSPS) is 25.7. The number of carbonyl (C=O) groups is 1. The molecule has 1 saturated carbocycles. The Labute approximate surface area is 154 Å². The fraction of sp³-hybridized carbons (Fsp3) is 0.542. The van der Waals surface area contributed by atoms with Gasteiger partial charge in [0.1, 0.15) is 6.29 Å². The van der Waals surface area contributed by atoms with Crippen molar-refractivity contribution in [3.8, 4) is 0 Å². The standard InChI is InChI=1S/C24H34O/c1-19(13-15-23-20(2)9-8-17-24(23,3)4)12-14-21-10-6-5-7-11-22(21)16-18-25/h12-16,18H,5-11,17H2,1-4H3/b15-13+,19-12-,21-14+,22-16-. The Balaban J connectivity index is 2.17. The van der Waals surface area contributed by atoms with Gasteiger partial charge in [-0.15, -0.1) is 0 Å². The van der Waals surface area contributed by atoms with Gasteiger partial charge in [0.15, 0.2) is 0 Å². The van der Waals surface area contributed by atoms with Gasteiger partial charge in [0, 0.05) is 0 Å². The second kappa shape index (κ2) is 9.17. The van der Waals surface area contributed by atoms with E-state index < -0.39 is 0 Å². The third kappa shape index (κ3) is 5.70. The lowest BCUT2D eigenvalue weighted by Gasteiger charge is -2.32. The van der Waals surface area contributed by atoms with E-state index in [4.69, 9.17) is 0 Å². The van der Waals surface area contributed by atoms with Crippen LogP contribution < -0.4 is 0 Å². The van der Waals surface area contributed by atoms with E-state index in [9.17, 15) is 4.79 Å². The van der Waals surface area contributed by atoms with Crippen LogP contribution in [0.1, 0.15) is 79.1 Å². The van der Waals surface area contributed by atoms with E-state index in [1.54, 1.807) is 11.6 Å². The Bertz CT molecular complexity index is 635. The van der Waals surface area contributed by atoms with Crippen molar-refractivity contribution in [2.45, 2.75) is 79.1 Å². The molecule has 0 aromatic heterocycles. The zero-order chi connectivity index (χ0) is 18.3. The zero-order valence-electron chi connectivity index (χ0n) is 16.5. The van der Waals surface area contributed by atoms with Crippen molar-refractivity contribution in [1.82, 2.24) is 0 Å². The molecule has 25 heavy (non-hydrogen) atoms. The summed E-state index contributed by atoms with van der Waals surface area (Å²) < 4.78 is 0. The quantitative estimate of drug-likeness (QED) is 0.233. The van der Waals surface area contributed by atoms with Gasteiger partial charge in [-0.25, -0.2) is 0 Å². The Hall–Kier alpha value is -1.63. The summed E-state index contributed by atoms with van der Waals surface area (Å²) in [5.74, 6) is 0. The molecule has 0 heterocycles. The van der Waals surface area contributed by atoms with Crippen LogP contribution >= 0.6 is 0 Å². The molecule has 136 valence electrons. The molecular weight excluding hydrogens is 304 g/mol. The Kier molecular flexibility index (Phi) is 7.23. The molecule has 2 aliphatic rings. The molecule has 0 aromatic carbocycles. The van der Waals surface area contributed by atoms with Crippen molar-refractivity contribution < 1.29 is 4.79 Å². The molecule has 0 aliphatic heterocycles. The maximum absolute atomic E-state index is 10.9. The first kappa shape index (κ1) is 19.7. The van der Waals surface area contributed by atoms with E-state index in [2.05, 4.69) is 52.0 Å². The first-order chi connectivity index (χ1) is 11.9. The van der Waals surface area contributed by atoms with E-state index in [1.807, 2.05) is 0 Å². The predicted octanol–water partition coefficient (Wildman–Crippen LogP) is 7.03. The number of allylic oxidation sites excluding steroid dienone is 10. The zero-order valence-corrected chi connectivity index (χ0v) is 16.5. The van der Waals surface area contributed by atoms with Gasteiger partial charge >= 0.3 is 0 Å². The fourth-order valence-corrected chi connectivity index (χ4v) is 4.10. The number of hydrogen-bond donors (Lipinski definition) is 0. The van der Waals surface area contributed by atoms with Gasteiger partial charge in [-0.2, -0.15) is 0 Å². The number of carbonyl (C=O) groups excluding carboxylic acids is 1. The van der Waals surface area contributed by atoms with Gasteiger partial charge < -0.3 is 0 Å². The summed E-state index contributed by atoms with van der Waals surface area (Å²) in [5, 5.41) is 0. The summed E-state index contributed by atoms with van der Waals surface area (Å²) >= 11 is 0. The molecule has 0 unspecified atom stereocenters. The highest BCUT2D eigenvalue weighted by Gasteiger charge is 2.26. The number of hydrogen-bond acceptors (Lipinski definition) is 1. The van der Waals surface area contributed by atoms with Gasteiger partial charge in [-0.3, -0.25) is 4.79 Å². The minimum absolute atomic E-state index is 0.290. The first-order valence-corrected chi connectivity index (χ1v) is 9.84. The summed E-state index contributed by atoms with van der Waals surface area (Å²) in [7, 11) is 0. The Morgan fingerprint density at radius 1 is 0.960 bits per heavy atom. The molecule has 0 radical (unpaired) electrons. The summed E-state index contributed by atoms with van der Waals surface area (Å²) in [4.78, 5) is 10.9. The van der Waals surface area contributed by atoms with Crippen LogP contribution in [0.15, 0.2) is 58.2 Å². The number of rotatable bonds is 4. The average molecular weight is 339 g/mol. The van der Waals surface area contributed by atoms with E-state index in [0.717, 1.165) is 19.1 Å². The molecule has 0 bridgehead atoms. The van der Waals surface area contributed by atoms with Gasteiger partial charge in [-0.1, -0.05) is 55.7 Å². The molecule has 2 aliphatic carbocycles. The third-order valence-corrected chi connectivity index (χ3v) is 5.68. The van der Waals surface area contributed by atoms with E-state index in [0.29, 0.717) is 5.41 Å². The molecule has 1 heteroatoms. The minimum Gasteiger partial charge on any atom is -0.299 e. The average Bonchev–Trinajstić information content (AvgIpc) is 2.77. The first-order valence-electron chi connectivity index (χ1n) is 9.84. The summed E-state index contributed by atoms with van der Waals surface area (Å²) in [6, 6.07) is 0. The van der Waals surface area contributed by atoms with E-state index >= 15 is 0 Å². The minimum atomic E-state index is 0.290. The molecule has 0 amide bonds. The van der Waals surface area contributed by atoms with Gasteiger partial charge in [0.05, 0.1) is 0 Å². The molecule has 0 spiro atoms. The highest BCUT2D eigenvalue weighted by molar-refractivity contribution is 5.68. The van der Waals surface area contributed by atoms with Crippen molar-refractivity contribution in [2.75, 3.05) is 0 Å². The smallest absolute Gasteiger partial charge is 0.143 e. The SMILES string of the molecule is CC1=C(/C=C/C(C)=C\C=C2/CCCCC/C2=C/C=O)C(C)(C)CCC1. The summed E-state index contributed by atoms with van der Waals surface area (Å²) in [6.07, 6.45) is 21.3. The fourth-order valence-electron chi connectivity index (χ4n) is 4.10. The van der Waals surface area contributed by atoms with Crippen molar-refractivity contribution in [3.05, 3.63) is 58.2 Å². The largest absolute Gasteiger partial charge is 0.299 e. The van der Waals surface area contributed by atoms with Gasteiger partial charge in [0.2, 0.25) is 0 Å². The van der Waals surface area contributed by atoms with Crippen LogP contribution in [0, 0.1) is 5.41 Å². The lowest BCUT2D eigenvalue weighted by atomic mass is 9.72. The van der Waals surface area contributed by atoms with Crippen LogP contribution in [0.4, 0.5) is 0 Å². The van der Waals surface area contributed by atoms with Crippen molar-refractivity contribution in [2.24, 2.45) is 5.41 Å².